The minimum atomic E-state index is -0.141. The quantitative estimate of drug-likeness (QED) is 0.185. The molecule has 1 aliphatic carbocycles. The van der Waals surface area contributed by atoms with Crippen LogP contribution in [0, 0.1) is 23.7 Å². The van der Waals surface area contributed by atoms with Crippen molar-refractivity contribution in [3.63, 3.8) is 0 Å². The Morgan fingerprint density at radius 2 is 1.19 bits per heavy atom. The molecule has 1 aliphatic heterocycles. The first-order valence-corrected chi connectivity index (χ1v) is 13.7. The molecule has 0 bridgehead atoms. The summed E-state index contributed by atoms with van der Waals surface area (Å²) in [4.78, 5) is 24.5. The molecule has 0 N–H and O–H groups in total. The molecule has 4 unspecified atom stereocenters. The van der Waals surface area contributed by atoms with Crippen LogP contribution in [0.3, 0.4) is 0 Å². The highest BCUT2D eigenvalue weighted by Gasteiger charge is 2.37. The number of carbonyl (C=O) groups excluding carboxylic acids is 2. The van der Waals surface area contributed by atoms with E-state index in [9.17, 15) is 9.59 Å². The van der Waals surface area contributed by atoms with Gasteiger partial charge < -0.3 is 0 Å². The third-order valence-electron chi connectivity index (χ3n) is 7.95. The maximum Gasteiger partial charge on any atom is 0.253 e. The van der Waals surface area contributed by atoms with E-state index < -0.39 is 0 Å². The van der Waals surface area contributed by atoms with Gasteiger partial charge in [-0.15, -0.1) is 0 Å². The number of nitrogens with zero attached hydrogens (tertiary/aromatic N) is 1. The van der Waals surface area contributed by atoms with Crippen LogP contribution in [0.25, 0.3) is 0 Å². The maximum absolute atomic E-state index is 11.6. The predicted octanol–water partition coefficient (Wildman–Crippen LogP) is 7.69. The van der Waals surface area contributed by atoms with Gasteiger partial charge in [0, 0.05) is 18.7 Å². The van der Waals surface area contributed by atoms with Crippen LogP contribution in [0.2, 0.25) is 0 Å². The number of unbranched alkanes of at least 4 members (excludes halogenated alkanes) is 6. The molecular formula is C28H49NO2. The SMILES string of the molecule is CCCCC1C(CCCCCCCCN2C(=O)C=CC2=O)CCC(CCC)C1CCC. The number of hydrogen-bond donors (Lipinski definition) is 0. The minimum absolute atomic E-state index is 0.141. The predicted molar refractivity (Wildman–Crippen MR) is 131 cm³/mol. The highest BCUT2D eigenvalue weighted by atomic mass is 16.2. The standard InChI is InChI=1S/C28H49NO2/c1-4-7-17-26-24(19-18-23(14-5-2)25(26)15-6-3)16-12-10-8-9-11-13-22-29-27(30)20-21-28(29)31/h20-21,23-26H,4-19,22H2,1-3H3. The van der Waals surface area contributed by atoms with Gasteiger partial charge in [-0.2, -0.15) is 0 Å². The molecule has 0 saturated heterocycles. The summed E-state index contributed by atoms with van der Waals surface area (Å²) >= 11 is 0. The largest absolute Gasteiger partial charge is 0.275 e. The lowest BCUT2D eigenvalue weighted by Crippen LogP contribution is -2.35. The fourth-order valence-corrected chi connectivity index (χ4v) is 6.35. The zero-order valence-corrected chi connectivity index (χ0v) is 20.7. The summed E-state index contributed by atoms with van der Waals surface area (Å²) in [5, 5.41) is 0. The topological polar surface area (TPSA) is 37.4 Å². The highest BCUT2D eigenvalue weighted by Crippen LogP contribution is 2.47. The molecule has 178 valence electrons. The number of rotatable bonds is 16. The van der Waals surface area contributed by atoms with Gasteiger partial charge in [0.15, 0.2) is 0 Å². The van der Waals surface area contributed by atoms with E-state index in [2.05, 4.69) is 20.8 Å². The number of imide groups is 1. The molecule has 1 fully saturated rings. The molecule has 0 aromatic carbocycles. The Labute approximate surface area is 192 Å². The second-order valence-electron chi connectivity index (χ2n) is 10.2. The van der Waals surface area contributed by atoms with Crippen molar-refractivity contribution >= 4 is 11.8 Å². The maximum atomic E-state index is 11.6. The Bertz CT molecular complexity index is 537. The Hall–Kier alpha value is -1.12. The van der Waals surface area contributed by atoms with E-state index in [1.165, 1.54) is 107 Å². The molecule has 0 radical (unpaired) electrons. The molecule has 0 spiro atoms. The second-order valence-corrected chi connectivity index (χ2v) is 10.2. The van der Waals surface area contributed by atoms with Crippen molar-refractivity contribution in [1.82, 2.24) is 4.90 Å². The van der Waals surface area contributed by atoms with Crippen LogP contribution < -0.4 is 0 Å². The Morgan fingerprint density at radius 3 is 1.81 bits per heavy atom. The van der Waals surface area contributed by atoms with E-state index in [1.807, 2.05) is 0 Å². The zero-order valence-electron chi connectivity index (χ0n) is 20.7. The zero-order chi connectivity index (χ0) is 22.5. The van der Waals surface area contributed by atoms with Crippen LogP contribution in [0.4, 0.5) is 0 Å². The first kappa shape index (κ1) is 26.1. The van der Waals surface area contributed by atoms with Crippen molar-refractivity contribution in [1.29, 1.82) is 0 Å². The van der Waals surface area contributed by atoms with Crippen molar-refractivity contribution in [2.45, 2.75) is 124 Å². The summed E-state index contributed by atoms with van der Waals surface area (Å²) in [6.45, 7) is 7.69. The molecule has 0 aromatic heterocycles. The normalized spacial score (nSPS) is 26.2. The first-order valence-electron chi connectivity index (χ1n) is 13.7. The third kappa shape index (κ3) is 8.39. The number of amides is 2. The van der Waals surface area contributed by atoms with E-state index in [-0.39, 0.29) is 11.8 Å². The number of carbonyl (C=O) groups is 2. The molecule has 1 heterocycles. The molecule has 31 heavy (non-hydrogen) atoms. The molecule has 2 aliphatic rings. The summed E-state index contributed by atoms with van der Waals surface area (Å²) in [7, 11) is 0. The summed E-state index contributed by atoms with van der Waals surface area (Å²) in [6, 6.07) is 0. The number of hydrogen-bond acceptors (Lipinski definition) is 2. The third-order valence-corrected chi connectivity index (χ3v) is 7.95. The Morgan fingerprint density at radius 1 is 0.645 bits per heavy atom. The summed E-state index contributed by atoms with van der Waals surface area (Å²) < 4.78 is 0. The van der Waals surface area contributed by atoms with Gasteiger partial charge in [0.2, 0.25) is 0 Å². The van der Waals surface area contributed by atoms with Crippen LogP contribution in [0.5, 0.6) is 0 Å². The fourth-order valence-electron chi connectivity index (χ4n) is 6.35. The van der Waals surface area contributed by atoms with Gasteiger partial charge in [0.05, 0.1) is 0 Å². The molecule has 0 aromatic rings. The lowest BCUT2D eigenvalue weighted by molar-refractivity contribution is -0.136. The lowest BCUT2D eigenvalue weighted by Gasteiger charge is -2.44. The molecule has 2 amide bonds. The van der Waals surface area contributed by atoms with Crippen LogP contribution >= 0.6 is 0 Å². The smallest absolute Gasteiger partial charge is 0.253 e. The van der Waals surface area contributed by atoms with Crippen LogP contribution in [0.1, 0.15) is 124 Å². The molecule has 4 atom stereocenters. The van der Waals surface area contributed by atoms with Gasteiger partial charge in [-0.1, -0.05) is 97.8 Å². The van der Waals surface area contributed by atoms with E-state index in [0.717, 1.165) is 36.5 Å². The molecule has 2 rings (SSSR count). The van der Waals surface area contributed by atoms with Gasteiger partial charge >= 0.3 is 0 Å². The van der Waals surface area contributed by atoms with Crippen molar-refractivity contribution in [2.75, 3.05) is 6.54 Å². The molecular weight excluding hydrogens is 382 g/mol. The Balaban J connectivity index is 1.66. The van der Waals surface area contributed by atoms with Gasteiger partial charge in [0.1, 0.15) is 0 Å². The molecule has 1 saturated carbocycles. The summed E-state index contributed by atoms with van der Waals surface area (Å²) in [5.41, 5.74) is 0. The average molecular weight is 432 g/mol. The minimum Gasteiger partial charge on any atom is -0.275 e. The fraction of sp³-hybridized carbons (Fsp3) is 0.857. The second kappa shape index (κ2) is 14.9. The van der Waals surface area contributed by atoms with Crippen molar-refractivity contribution < 1.29 is 9.59 Å². The molecule has 3 nitrogen and oxygen atoms in total. The highest BCUT2D eigenvalue weighted by molar-refractivity contribution is 6.12. The lowest BCUT2D eigenvalue weighted by atomic mass is 9.61. The monoisotopic (exact) mass is 431 g/mol. The van der Waals surface area contributed by atoms with Crippen molar-refractivity contribution in [3.05, 3.63) is 12.2 Å². The Kier molecular flexibility index (Phi) is 12.5. The summed E-state index contributed by atoms with van der Waals surface area (Å²) in [5.74, 6) is 3.65. The van der Waals surface area contributed by atoms with Gasteiger partial charge in [-0.05, 0) is 49.4 Å². The van der Waals surface area contributed by atoms with Crippen molar-refractivity contribution in [3.8, 4) is 0 Å². The van der Waals surface area contributed by atoms with Crippen molar-refractivity contribution in [2.24, 2.45) is 23.7 Å². The van der Waals surface area contributed by atoms with Gasteiger partial charge in [-0.3, -0.25) is 14.5 Å². The van der Waals surface area contributed by atoms with E-state index in [0.29, 0.717) is 6.54 Å². The molecule has 3 heteroatoms. The van der Waals surface area contributed by atoms with Gasteiger partial charge in [-0.25, -0.2) is 0 Å². The van der Waals surface area contributed by atoms with E-state index in [1.54, 1.807) is 0 Å². The van der Waals surface area contributed by atoms with Gasteiger partial charge in [0.25, 0.3) is 11.8 Å². The van der Waals surface area contributed by atoms with E-state index >= 15 is 0 Å². The van der Waals surface area contributed by atoms with Crippen LogP contribution in [0.15, 0.2) is 12.2 Å². The average Bonchev–Trinajstić information content (AvgIpc) is 3.08. The first-order chi connectivity index (χ1) is 15.1. The van der Waals surface area contributed by atoms with Crippen LogP contribution in [-0.4, -0.2) is 23.3 Å². The summed E-state index contributed by atoms with van der Waals surface area (Å²) in [6.07, 6.45) is 24.3. The van der Waals surface area contributed by atoms with E-state index in [4.69, 9.17) is 0 Å². The van der Waals surface area contributed by atoms with Crippen LogP contribution in [-0.2, 0) is 9.59 Å².